The number of cyclic esters (lactones) is 1. The lowest BCUT2D eigenvalue weighted by molar-refractivity contribution is -0.131. The van der Waals surface area contributed by atoms with E-state index < -0.39 is 21.5 Å². The second kappa shape index (κ2) is 6.17. The average molecular weight is 372 g/mol. The molecule has 0 saturated carbocycles. The summed E-state index contributed by atoms with van der Waals surface area (Å²) >= 11 is 1.34. The second-order valence-electron chi connectivity index (χ2n) is 5.36. The van der Waals surface area contributed by atoms with E-state index in [0.717, 1.165) is 11.8 Å². The van der Waals surface area contributed by atoms with Crippen LogP contribution in [0.1, 0.15) is 6.92 Å². The monoisotopic (exact) mass is 372 g/mol. The highest BCUT2D eigenvalue weighted by Gasteiger charge is 2.37. The van der Waals surface area contributed by atoms with Gasteiger partial charge in [-0.2, -0.15) is 8.42 Å². The van der Waals surface area contributed by atoms with E-state index in [4.69, 9.17) is 4.74 Å². The van der Waals surface area contributed by atoms with Crippen molar-refractivity contribution in [2.75, 3.05) is 35.8 Å². The molecule has 1 fully saturated rings. The molecule has 0 bridgehead atoms. The summed E-state index contributed by atoms with van der Waals surface area (Å²) in [6, 6.07) is 5.32. The highest BCUT2D eigenvalue weighted by Crippen LogP contribution is 2.40. The molecule has 1 aromatic carbocycles. The largest absolute Gasteiger partial charge is 0.447 e. The van der Waals surface area contributed by atoms with Crippen LogP contribution in [0.25, 0.3) is 0 Å². The van der Waals surface area contributed by atoms with Gasteiger partial charge in [-0.1, -0.05) is 0 Å². The highest BCUT2D eigenvalue weighted by molar-refractivity contribution is 8.00. The topological polar surface area (TPSA) is 93.2 Å². The van der Waals surface area contributed by atoms with Crippen molar-refractivity contribution < 1.29 is 26.9 Å². The Hall–Kier alpha value is -1.94. The van der Waals surface area contributed by atoms with Crippen LogP contribution in [0.2, 0.25) is 0 Å². The fraction of sp³-hybridized carbons (Fsp3) is 0.429. The van der Waals surface area contributed by atoms with Gasteiger partial charge in [0.1, 0.15) is 6.61 Å². The van der Waals surface area contributed by atoms with Crippen molar-refractivity contribution in [3.05, 3.63) is 18.2 Å². The molecular weight excluding hydrogens is 356 g/mol. The van der Waals surface area contributed by atoms with Crippen molar-refractivity contribution >= 4 is 45.3 Å². The van der Waals surface area contributed by atoms with Crippen LogP contribution >= 0.6 is 11.8 Å². The molecule has 1 atom stereocenters. The van der Waals surface area contributed by atoms with Crippen molar-refractivity contribution in [3.8, 4) is 0 Å². The molecule has 1 saturated heterocycles. The molecule has 0 spiro atoms. The molecule has 0 radical (unpaired) electrons. The van der Waals surface area contributed by atoms with E-state index >= 15 is 0 Å². The van der Waals surface area contributed by atoms with E-state index in [1.807, 2.05) is 6.07 Å². The molecule has 8 nitrogen and oxygen atoms in total. The zero-order valence-electron chi connectivity index (χ0n) is 13.1. The van der Waals surface area contributed by atoms with E-state index in [1.165, 1.54) is 16.7 Å². The van der Waals surface area contributed by atoms with E-state index in [-0.39, 0.29) is 11.8 Å². The minimum atomic E-state index is -4.04. The lowest BCUT2D eigenvalue weighted by atomic mass is 10.2. The summed E-state index contributed by atoms with van der Waals surface area (Å²) in [5, 5.41) is -0.957. The highest BCUT2D eigenvalue weighted by atomic mass is 32.2. The smallest absolute Gasteiger partial charge is 0.414 e. The third-order valence-corrected chi connectivity index (χ3v) is 6.72. The molecular formula is C14H16N2O6S2. The van der Waals surface area contributed by atoms with Gasteiger partial charge < -0.3 is 13.8 Å². The van der Waals surface area contributed by atoms with Gasteiger partial charge in [-0.3, -0.25) is 9.69 Å². The summed E-state index contributed by atoms with van der Waals surface area (Å²) in [6.45, 7) is 1.90. The summed E-state index contributed by atoms with van der Waals surface area (Å²) in [5.74, 6) is -0.644. The molecule has 0 N–H and O–H groups in total. The molecule has 2 heterocycles. The first kappa shape index (κ1) is 16.9. The summed E-state index contributed by atoms with van der Waals surface area (Å²) in [7, 11) is -2.41. The van der Waals surface area contributed by atoms with Crippen LogP contribution in [-0.4, -0.2) is 51.8 Å². The van der Waals surface area contributed by atoms with Crippen molar-refractivity contribution in [3.63, 3.8) is 0 Å². The number of benzene rings is 1. The molecule has 0 aliphatic carbocycles. The maximum Gasteiger partial charge on any atom is 0.414 e. The number of fused-ring (bicyclic) bond motifs is 1. The number of nitrogens with zero attached hydrogens (tertiary/aromatic N) is 2. The third kappa shape index (κ3) is 3.03. The van der Waals surface area contributed by atoms with Gasteiger partial charge in [0.05, 0.1) is 12.2 Å². The normalized spacial score (nSPS) is 20.6. The Morgan fingerprint density at radius 1 is 1.42 bits per heavy atom. The maximum absolute atomic E-state index is 12.2. The summed E-state index contributed by atoms with van der Waals surface area (Å²) < 4.78 is 33.8. The minimum absolute atomic E-state index is 0.215. The summed E-state index contributed by atoms with van der Waals surface area (Å²) in [5.41, 5.74) is 1.40. The number of thioether (sulfide) groups is 1. The van der Waals surface area contributed by atoms with Gasteiger partial charge in [-0.05, 0) is 18.2 Å². The first-order valence-corrected chi connectivity index (χ1v) is 9.63. The predicted octanol–water partition coefficient (Wildman–Crippen LogP) is 1.40. The Balaban J connectivity index is 1.88. The number of carbonyl (C=O) groups excluding carboxylic acids is 2. The first-order valence-electron chi connectivity index (χ1n) is 7.17. The van der Waals surface area contributed by atoms with Crippen molar-refractivity contribution in [1.29, 1.82) is 0 Å². The van der Waals surface area contributed by atoms with E-state index in [9.17, 15) is 18.0 Å². The molecule has 1 aromatic rings. The Bertz CT molecular complexity index is 794. The third-order valence-electron chi connectivity index (χ3n) is 3.78. The second-order valence-corrected chi connectivity index (χ2v) is 8.12. The van der Waals surface area contributed by atoms with E-state index in [2.05, 4.69) is 4.18 Å². The number of ether oxygens (including phenoxy) is 1. The molecule has 130 valence electrons. The number of amides is 1. The molecule has 0 aromatic heterocycles. The molecule has 3 rings (SSSR count). The van der Waals surface area contributed by atoms with Crippen LogP contribution in [0.3, 0.4) is 0 Å². The van der Waals surface area contributed by atoms with Gasteiger partial charge in [0.2, 0.25) is 0 Å². The van der Waals surface area contributed by atoms with Crippen molar-refractivity contribution in [1.82, 2.24) is 0 Å². The van der Waals surface area contributed by atoms with Crippen LogP contribution in [0.4, 0.5) is 16.2 Å². The first-order chi connectivity index (χ1) is 11.3. The Morgan fingerprint density at radius 3 is 2.79 bits per heavy atom. The number of rotatable bonds is 3. The number of hydrogen-bond donors (Lipinski definition) is 0. The zero-order valence-corrected chi connectivity index (χ0v) is 14.7. The molecule has 1 unspecified atom stereocenters. The quantitative estimate of drug-likeness (QED) is 0.735. The van der Waals surface area contributed by atoms with Gasteiger partial charge in [0, 0.05) is 30.3 Å². The lowest BCUT2D eigenvalue weighted by Crippen LogP contribution is -2.44. The number of carbonyl (C=O) groups is 2. The summed E-state index contributed by atoms with van der Waals surface area (Å²) in [6.07, 6.45) is -0.389. The summed E-state index contributed by atoms with van der Waals surface area (Å²) in [4.78, 5) is 26.6. The van der Waals surface area contributed by atoms with Crippen LogP contribution in [0, 0.1) is 0 Å². The zero-order chi connectivity index (χ0) is 17.5. The van der Waals surface area contributed by atoms with Gasteiger partial charge in [-0.15, -0.1) is 11.8 Å². The van der Waals surface area contributed by atoms with Crippen LogP contribution < -0.4 is 9.80 Å². The Morgan fingerprint density at radius 2 is 2.17 bits per heavy atom. The predicted molar refractivity (Wildman–Crippen MR) is 88.7 cm³/mol. The fourth-order valence-corrected chi connectivity index (χ4v) is 5.55. The van der Waals surface area contributed by atoms with Crippen LogP contribution in [0.5, 0.6) is 0 Å². The number of anilines is 2. The molecule has 2 aliphatic heterocycles. The SMILES string of the molecule is CC(=O)OS(=O)(=O)C1CSc2cc(N3CCOC3=O)ccc2N1C. The molecule has 1 amide bonds. The Labute approximate surface area is 143 Å². The van der Waals surface area contributed by atoms with Crippen molar-refractivity contribution in [2.24, 2.45) is 0 Å². The van der Waals surface area contributed by atoms with Gasteiger partial charge in [0.25, 0.3) is 0 Å². The van der Waals surface area contributed by atoms with Gasteiger partial charge in [0.15, 0.2) is 5.37 Å². The lowest BCUT2D eigenvalue weighted by Gasteiger charge is -2.34. The van der Waals surface area contributed by atoms with Gasteiger partial charge >= 0.3 is 22.2 Å². The Kier molecular flexibility index (Phi) is 4.35. The molecule has 2 aliphatic rings. The average Bonchev–Trinajstić information content (AvgIpc) is 2.91. The van der Waals surface area contributed by atoms with Crippen LogP contribution in [-0.2, 0) is 23.8 Å². The standard InChI is InChI=1S/C14H16N2O6S2/c1-9(17)22-24(19,20)13-8-23-12-7-10(3-4-11(12)15(13)2)16-5-6-21-14(16)18/h3-4,7,13H,5-6,8H2,1-2H3. The molecule has 24 heavy (non-hydrogen) atoms. The maximum atomic E-state index is 12.2. The minimum Gasteiger partial charge on any atom is -0.447 e. The van der Waals surface area contributed by atoms with Crippen LogP contribution in [0.15, 0.2) is 23.1 Å². The van der Waals surface area contributed by atoms with Crippen molar-refractivity contribution in [2.45, 2.75) is 17.2 Å². The molecule has 10 heteroatoms. The van der Waals surface area contributed by atoms with E-state index in [0.29, 0.717) is 24.5 Å². The van der Waals surface area contributed by atoms with Gasteiger partial charge in [-0.25, -0.2) is 4.79 Å². The fourth-order valence-electron chi connectivity index (χ4n) is 2.63. The number of hydrogen-bond acceptors (Lipinski definition) is 8. The van der Waals surface area contributed by atoms with E-state index in [1.54, 1.807) is 24.1 Å².